The van der Waals surface area contributed by atoms with Gasteiger partial charge in [0, 0.05) is 24.9 Å². The van der Waals surface area contributed by atoms with Crippen molar-refractivity contribution in [2.45, 2.75) is 44.9 Å². The highest BCUT2D eigenvalue weighted by Gasteiger charge is 2.45. The molecule has 0 aromatic heterocycles. The molecule has 1 spiro atoms. The average molecular weight is 313 g/mol. The number of carbonyl (C=O) groups excluding carboxylic acids is 1. The van der Waals surface area contributed by atoms with E-state index in [2.05, 4.69) is 4.90 Å². The van der Waals surface area contributed by atoms with E-state index in [0.29, 0.717) is 23.8 Å². The number of rotatable bonds is 3. The van der Waals surface area contributed by atoms with Gasteiger partial charge in [-0.25, -0.2) is 4.79 Å². The van der Waals surface area contributed by atoms with E-state index in [9.17, 15) is 14.7 Å². The van der Waals surface area contributed by atoms with Crippen LogP contribution in [-0.4, -0.2) is 35.0 Å². The van der Waals surface area contributed by atoms with Gasteiger partial charge in [-0.15, -0.1) is 0 Å². The molecule has 1 saturated heterocycles. The van der Waals surface area contributed by atoms with Crippen LogP contribution in [0.15, 0.2) is 18.2 Å². The summed E-state index contributed by atoms with van der Waals surface area (Å²) in [5, 5.41) is 9.20. The molecule has 3 aliphatic rings. The van der Waals surface area contributed by atoms with Crippen LogP contribution >= 0.6 is 0 Å². The number of hydrogen-bond acceptors (Lipinski definition) is 2. The molecule has 1 aromatic rings. The van der Waals surface area contributed by atoms with Crippen molar-refractivity contribution in [1.29, 1.82) is 0 Å². The van der Waals surface area contributed by atoms with Gasteiger partial charge in [-0.1, -0.05) is 12.5 Å². The van der Waals surface area contributed by atoms with Crippen LogP contribution in [0, 0.1) is 11.3 Å². The van der Waals surface area contributed by atoms with E-state index in [1.807, 2.05) is 12.1 Å². The fourth-order valence-corrected chi connectivity index (χ4v) is 4.48. The maximum absolute atomic E-state index is 12.4. The fraction of sp³-hybridized carbons (Fsp3) is 0.579. The smallest absolute Gasteiger partial charge is 0.335 e. The topological polar surface area (TPSA) is 57.6 Å². The molecule has 0 radical (unpaired) electrons. The summed E-state index contributed by atoms with van der Waals surface area (Å²) < 4.78 is 0. The van der Waals surface area contributed by atoms with Crippen LogP contribution in [0.5, 0.6) is 0 Å². The van der Waals surface area contributed by atoms with Gasteiger partial charge in [0.15, 0.2) is 0 Å². The molecule has 1 atom stereocenters. The van der Waals surface area contributed by atoms with Gasteiger partial charge in [0.1, 0.15) is 0 Å². The van der Waals surface area contributed by atoms with Crippen LogP contribution in [0.4, 0.5) is 0 Å². The second-order valence-corrected chi connectivity index (χ2v) is 7.71. The van der Waals surface area contributed by atoms with E-state index >= 15 is 0 Å². The first-order chi connectivity index (χ1) is 11.0. The van der Waals surface area contributed by atoms with Gasteiger partial charge >= 0.3 is 5.97 Å². The lowest BCUT2D eigenvalue weighted by Gasteiger charge is -2.35. The molecule has 1 saturated carbocycles. The Morgan fingerprint density at radius 3 is 2.78 bits per heavy atom. The van der Waals surface area contributed by atoms with Crippen LogP contribution < -0.4 is 0 Å². The Balaban J connectivity index is 1.53. The second-order valence-electron chi connectivity index (χ2n) is 7.71. The molecule has 1 aliphatic heterocycles. The maximum Gasteiger partial charge on any atom is 0.335 e. The first-order valence-corrected chi connectivity index (χ1v) is 8.68. The Morgan fingerprint density at radius 1 is 1.26 bits per heavy atom. The Labute approximate surface area is 136 Å². The van der Waals surface area contributed by atoms with Gasteiger partial charge in [-0.2, -0.15) is 0 Å². The normalized spacial score (nSPS) is 27.1. The lowest BCUT2D eigenvalue weighted by Crippen LogP contribution is -2.36. The largest absolute Gasteiger partial charge is 0.478 e. The third-order valence-corrected chi connectivity index (χ3v) is 6.05. The summed E-state index contributed by atoms with van der Waals surface area (Å²) in [5.74, 6) is 0.139. The predicted molar refractivity (Wildman–Crippen MR) is 86.4 cm³/mol. The highest BCUT2D eigenvalue weighted by Crippen LogP contribution is 2.44. The summed E-state index contributed by atoms with van der Waals surface area (Å²) in [6.07, 6.45) is 7.32. The molecule has 1 N–H and O–H groups in total. The monoisotopic (exact) mass is 313 g/mol. The lowest BCUT2D eigenvalue weighted by atomic mass is 9.70. The first-order valence-electron chi connectivity index (χ1n) is 8.68. The van der Waals surface area contributed by atoms with E-state index in [-0.39, 0.29) is 5.41 Å². The highest BCUT2D eigenvalue weighted by molar-refractivity contribution is 5.88. The van der Waals surface area contributed by atoms with Crippen molar-refractivity contribution < 1.29 is 14.7 Å². The first kappa shape index (κ1) is 14.7. The van der Waals surface area contributed by atoms with Gasteiger partial charge in [-0.3, -0.25) is 4.79 Å². The summed E-state index contributed by atoms with van der Waals surface area (Å²) in [6.45, 7) is 1.79. The zero-order chi connectivity index (χ0) is 16.0. The van der Waals surface area contributed by atoms with E-state index in [4.69, 9.17) is 0 Å². The van der Waals surface area contributed by atoms with Crippen molar-refractivity contribution in [2.75, 3.05) is 13.1 Å². The number of aromatic carboxylic acids is 1. The minimum absolute atomic E-state index is 0.0327. The number of carboxylic acid groups (broad SMARTS) is 1. The number of carboxylic acids is 1. The standard InChI is InChI=1S/C19H23NO3/c21-17-10-19(12-20(17)11-13-2-1-3-13)7-6-14-4-5-15(18(22)23)8-16(14)9-19/h4-5,8,13H,1-3,6-7,9-12H2,(H,22,23)/t19-/m1/s1. The minimum Gasteiger partial charge on any atom is -0.478 e. The number of likely N-dealkylation sites (tertiary alicyclic amines) is 1. The number of carbonyl (C=O) groups is 2. The third-order valence-electron chi connectivity index (χ3n) is 6.05. The molecule has 1 amide bonds. The molecular weight excluding hydrogens is 290 g/mol. The molecule has 0 unspecified atom stereocenters. The van der Waals surface area contributed by atoms with Gasteiger partial charge in [0.25, 0.3) is 0 Å². The Bertz CT molecular complexity index is 665. The van der Waals surface area contributed by atoms with Gasteiger partial charge in [0.2, 0.25) is 5.91 Å². The molecule has 2 aliphatic carbocycles. The Kier molecular flexibility index (Phi) is 3.43. The number of amides is 1. The summed E-state index contributed by atoms with van der Waals surface area (Å²) in [5.41, 5.74) is 2.78. The molecule has 122 valence electrons. The minimum atomic E-state index is -0.874. The highest BCUT2D eigenvalue weighted by atomic mass is 16.4. The van der Waals surface area contributed by atoms with Crippen LogP contribution in [-0.2, 0) is 17.6 Å². The number of fused-ring (bicyclic) bond motifs is 1. The zero-order valence-corrected chi connectivity index (χ0v) is 13.4. The lowest BCUT2D eigenvalue weighted by molar-refractivity contribution is -0.128. The number of nitrogens with zero attached hydrogens (tertiary/aromatic N) is 1. The summed E-state index contributed by atoms with van der Waals surface area (Å²) in [7, 11) is 0. The summed E-state index contributed by atoms with van der Waals surface area (Å²) in [4.78, 5) is 25.7. The number of benzene rings is 1. The fourth-order valence-electron chi connectivity index (χ4n) is 4.48. The molecule has 2 fully saturated rings. The predicted octanol–water partition coefficient (Wildman–Crippen LogP) is 2.89. The molecule has 4 heteroatoms. The van der Waals surface area contributed by atoms with Crippen LogP contribution in [0.1, 0.15) is 53.6 Å². The zero-order valence-electron chi connectivity index (χ0n) is 13.4. The molecule has 4 rings (SSSR count). The van der Waals surface area contributed by atoms with Crippen LogP contribution in [0.25, 0.3) is 0 Å². The quantitative estimate of drug-likeness (QED) is 0.933. The van der Waals surface area contributed by atoms with E-state index < -0.39 is 5.97 Å². The van der Waals surface area contributed by atoms with Crippen molar-refractivity contribution in [3.05, 3.63) is 34.9 Å². The molecule has 4 nitrogen and oxygen atoms in total. The van der Waals surface area contributed by atoms with Crippen molar-refractivity contribution >= 4 is 11.9 Å². The summed E-state index contributed by atoms with van der Waals surface area (Å²) >= 11 is 0. The molecule has 0 bridgehead atoms. The molecule has 1 heterocycles. The van der Waals surface area contributed by atoms with Crippen molar-refractivity contribution in [3.63, 3.8) is 0 Å². The van der Waals surface area contributed by atoms with E-state index in [1.165, 1.54) is 24.8 Å². The van der Waals surface area contributed by atoms with Gasteiger partial charge < -0.3 is 10.0 Å². The van der Waals surface area contributed by atoms with Crippen LogP contribution in [0.3, 0.4) is 0 Å². The van der Waals surface area contributed by atoms with Crippen LogP contribution in [0.2, 0.25) is 0 Å². The van der Waals surface area contributed by atoms with E-state index in [0.717, 1.165) is 37.9 Å². The molecule has 23 heavy (non-hydrogen) atoms. The average Bonchev–Trinajstić information content (AvgIpc) is 2.77. The number of aryl methyl sites for hydroxylation is 1. The van der Waals surface area contributed by atoms with Crippen molar-refractivity contribution in [3.8, 4) is 0 Å². The Hall–Kier alpha value is -1.84. The van der Waals surface area contributed by atoms with Gasteiger partial charge in [0.05, 0.1) is 5.56 Å². The van der Waals surface area contributed by atoms with Gasteiger partial charge in [-0.05, 0) is 61.3 Å². The summed E-state index contributed by atoms with van der Waals surface area (Å²) in [6, 6.07) is 5.47. The molecule has 1 aromatic carbocycles. The maximum atomic E-state index is 12.4. The molecular formula is C19H23NO3. The van der Waals surface area contributed by atoms with E-state index in [1.54, 1.807) is 6.07 Å². The van der Waals surface area contributed by atoms with Crippen molar-refractivity contribution in [2.24, 2.45) is 11.3 Å². The second kappa shape index (κ2) is 5.36. The number of hydrogen-bond donors (Lipinski definition) is 1. The van der Waals surface area contributed by atoms with Crippen molar-refractivity contribution in [1.82, 2.24) is 4.90 Å². The Morgan fingerprint density at radius 2 is 2.09 bits per heavy atom. The SMILES string of the molecule is O=C(O)c1ccc2c(c1)C[C@]1(CC2)CC(=O)N(CC2CCC2)C1. The third kappa shape index (κ3) is 2.64.